The van der Waals surface area contributed by atoms with Crippen LogP contribution in [0.25, 0.3) is 0 Å². The second-order valence-electron chi connectivity index (χ2n) is 8.55. The van der Waals surface area contributed by atoms with E-state index in [0.29, 0.717) is 25.6 Å². The SMILES string of the molecule is CC(C)CN(CC(=O)N(Cc1ccc(F)cc1)Cc1cccs1)C(=O)C1CCCC1. The van der Waals surface area contributed by atoms with Crippen LogP contribution in [-0.4, -0.2) is 34.7 Å². The van der Waals surface area contributed by atoms with E-state index in [0.717, 1.165) is 36.1 Å². The Kier molecular flexibility index (Phi) is 8.02. The molecule has 0 unspecified atom stereocenters. The molecule has 1 saturated carbocycles. The lowest BCUT2D eigenvalue weighted by Crippen LogP contribution is -2.45. The molecule has 3 rings (SSSR count). The van der Waals surface area contributed by atoms with Gasteiger partial charge in [0.2, 0.25) is 11.8 Å². The molecule has 2 aromatic rings. The van der Waals surface area contributed by atoms with Crippen LogP contribution in [0.5, 0.6) is 0 Å². The summed E-state index contributed by atoms with van der Waals surface area (Å²) in [5.41, 5.74) is 0.874. The molecule has 1 fully saturated rings. The summed E-state index contributed by atoms with van der Waals surface area (Å²) in [5.74, 6) is 0.109. The highest BCUT2D eigenvalue weighted by Crippen LogP contribution is 2.27. The molecular formula is C24H31FN2O2S. The molecule has 1 aromatic heterocycles. The number of hydrogen-bond acceptors (Lipinski definition) is 3. The van der Waals surface area contributed by atoms with Crippen LogP contribution in [0.1, 0.15) is 50.0 Å². The Hall–Kier alpha value is -2.21. The summed E-state index contributed by atoms with van der Waals surface area (Å²) in [6.45, 7) is 5.71. The molecule has 0 saturated heterocycles. The van der Waals surface area contributed by atoms with Gasteiger partial charge in [-0.1, -0.05) is 44.9 Å². The zero-order valence-corrected chi connectivity index (χ0v) is 18.7. The van der Waals surface area contributed by atoms with E-state index in [1.54, 1.807) is 33.3 Å². The quantitative estimate of drug-likeness (QED) is 0.556. The van der Waals surface area contributed by atoms with Crippen molar-refractivity contribution in [3.63, 3.8) is 0 Å². The van der Waals surface area contributed by atoms with Crippen molar-refractivity contribution in [1.29, 1.82) is 0 Å². The Bertz CT molecular complexity index is 814. The molecule has 30 heavy (non-hydrogen) atoms. The van der Waals surface area contributed by atoms with Crippen LogP contribution in [0.15, 0.2) is 41.8 Å². The number of thiophene rings is 1. The van der Waals surface area contributed by atoms with Crippen molar-refractivity contribution in [2.75, 3.05) is 13.1 Å². The second-order valence-corrected chi connectivity index (χ2v) is 9.58. The van der Waals surface area contributed by atoms with Crippen LogP contribution in [-0.2, 0) is 22.7 Å². The van der Waals surface area contributed by atoms with E-state index in [-0.39, 0.29) is 30.1 Å². The van der Waals surface area contributed by atoms with Crippen LogP contribution < -0.4 is 0 Å². The van der Waals surface area contributed by atoms with E-state index in [1.165, 1.54) is 12.1 Å². The summed E-state index contributed by atoms with van der Waals surface area (Å²) in [7, 11) is 0. The Morgan fingerprint density at radius 2 is 1.77 bits per heavy atom. The lowest BCUT2D eigenvalue weighted by Gasteiger charge is -2.30. The number of benzene rings is 1. The average molecular weight is 431 g/mol. The lowest BCUT2D eigenvalue weighted by molar-refractivity contribution is -0.144. The molecule has 0 atom stereocenters. The first-order chi connectivity index (χ1) is 14.4. The van der Waals surface area contributed by atoms with Gasteiger partial charge in [-0.05, 0) is 47.9 Å². The highest BCUT2D eigenvalue weighted by atomic mass is 32.1. The van der Waals surface area contributed by atoms with E-state index in [2.05, 4.69) is 13.8 Å². The third-order valence-corrected chi connectivity index (χ3v) is 6.36. The monoisotopic (exact) mass is 430 g/mol. The number of hydrogen-bond donors (Lipinski definition) is 0. The number of rotatable bonds is 9. The van der Waals surface area contributed by atoms with Gasteiger partial charge in [-0.15, -0.1) is 11.3 Å². The predicted octanol–water partition coefficient (Wildman–Crippen LogP) is 5.09. The minimum atomic E-state index is -0.292. The molecule has 1 heterocycles. The van der Waals surface area contributed by atoms with Gasteiger partial charge in [0.15, 0.2) is 0 Å². The summed E-state index contributed by atoms with van der Waals surface area (Å²) in [6.07, 6.45) is 4.04. The van der Waals surface area contributed by atoms with Gasteiger partial charge in [0.1, 0.15) is 5.82 Å². The molecule has 0 aliphatic heterocycles. The van der Waals surface area contributed by atoms with Gasteiger partial charge >= 0.3 is 0 Å². The summed E-state index contributed by atoms with van der Waals surface area (Å²) >= 11 is 1.60. The van der Waals surface area contributed by atoms with Gasteiger partial charge in [0.05, 0.1) is 13.1 Å². The Morgan fingerprint density at radius 1 is 1.07 bits per heavy atom. The molecule has 0 bridgehead atoms. The Labute approximate surface area is 182 Å². The van der Waals surface area contributed by atoms with E-state index in [1.807, 2.05) is 17.5 Å². The largest absolute Gasteiger partial charge is 0.333 e. The van der Waals surface area contributed by atoms with Crippen LogP contribution in [0, 0.1) is 17.7 Å². The minimum Gasteiger partial charge on any atom is -0.333 e. The molecule has 0 N–H and O–H groups in total. The van der Waals surface area contributed by atoms with Crippen LogP contribution in [0.3, 0.4) is 0 Å². The lowest BCUT2D eigenvalue weighted by atomic mass is 10.1. The summed E-state index contributed by atoms with van der Waals surface area (Å²) in [4.78, 5) is 31.0. The third-order valence-electron chi connectivity index (χ3n) is 5.49. The van der Waals surface area contributed by atoms with Crippen LogP contribution in [0.2, 0.25) is 0 Å². The number of carbonyl (C=O) groups is 2. The average Bonchev–Trinajstić information content (AvgIpc) is 3.42. The van der Waals surface area contributed by atoms with Crippen molar-refractivity contribution in [2.24, 2.45) is 11.8 Å². The van der Waals surface area contributed by atoms with Gasteiger partial charge in [0, 0.05) is 23.9 Å². The zero-order valence-electron chi connectivity index (χ0n) is 17.9. The molecule has 0 radical (unpaired) electrons. The predicted molar refractivity (Wildman–Crippen MR) is 118 cm³/mol. The fraction of sp³-hybridized carbons (Fsp3) is 0.500. The maximum Gasteiger partial charge on any atom is 0.242 e. The summed E-state index contributed by atoms with van der Waals surface area (Å²) in [5, 5.41) is 1.99. The smallest absolute Gasteiger partial charge is 0.242 e. The molecule has 1 aliphatic rings. The first kappa shape index (κ1) is 22.5. The fourth-order valence-electron chi connectivity index (χ4n) is 4.00. The van der Waals surface area contributed by atoms with Crippen molar-refractivity contribution < 1.29 is 14.0 Å². The first-order valence-corrected chi connectivity index (χ1v) is 11.6. The molecule has 2 amide bonds. The van der Waals surface area contributed by atoms with E-state index < -0.39 is 0 Å². The van der Waals surface area contributed by atoms with Crippen molar-refractivity contribution >= 4 is 23.2 Å². The van der Waals surface area contributed by atoms with Crippen molar-refractivity contribution in [1.82, 2.24) is 9.80 Å². The molecule has 4 nitrogen and oxygen atoms in total. The van der Waals surface area contributed by atoms with E-state index in [9.17, 15) is 14.0 Å². The van der Waals surface area contributed by atoms with E-state index in [4.69, 9.17) is 0 Å². The maximum atomic E-state index is 13.3. The Balaban J connectivity index is 1.74. The van der Waals surface area contributed by atoms with E-state index >= 15 is 0 Å². The molecule has 0 spiro atoms. The maximum absolute atomic E-state index is 13.3. The number of amides is 2. The van der Waals surface area contributed by atoms with Crippen molar-refractivity contribution in [2.45, 2.75) is 52.6 Å². The molecular weight excluding hydrogens is 399 g/mol. The fourth-order valence-corrected chi connectivity index (χ4v) is 4.72. The minimum absolute atomic E-state index is 0.0550. The molecule has 6 heteroatoms. The molecule has 1 aromatic carbocycles. The van der Waals surface area contributed by atoms with Gasteiger partial charge in [0.25, 0.3) is 0 Å². The van der Waals surface area contributed by atoms with Gasteiger partial charge < -0.3 is 9.80 Å². The van der Waals surface area contributed by atoms with Crippen LogP contribution in [0.4, 0.5) is 4.39 Å². The normalized spacial score (nSPS) is 14.3. The zero-order chi connectivity index (χ0) is 21.5. The topological polar surface area (TPSA) is 40.6 Å². The van der Waals surface area contributed by atoms with Crippen molar-refractivity contribution in [3.8, 4) is 0 Å². The standard InChI is InChI=1S/C24H31FN2O2S/c1-18(2)14-27(24(29)20-6-3-4-7-20)17-23(28)26(16-22-8-5-13-30-22)15-19-9-11-21(25)12-10-19/h5,8-13,18,20H,3-4,6-7,14-17H2,1-2H3. The molecule has 162 valence electrons. The number of nitrogens with zero attached hydrogens (tertiary/aromatic N) is 2. The summed E-state index contributed by atoms with van der Waals surface area (Å²) < 4.78 is 13.3. The number of carbonyl (C=O) groups excluding carboxylic acids is 2. The second kappa shape index (κ2) is 10.7. The third kappa shape index (κ3) is 6.39. The number of halogens is 1. The van der Waals surface area contributed by atoms with Crippen molar-refractivity contribution in [3.05, 3.63) is 58.0 Å². The van der Waals surface area contributed by atoms with Crippen LogP contribution >= 0.6 is 11.3 Å². The molecule has 1 aliphatic carbocycles. The highest BCUT2D eigenvalue weighted by Gasteiger charge is 2.30. The Morgan fingerprint density at radius 3 is 2.37 bits per heavy atom. The first-order valence-electron chi connectivity index (χ1n) is 10.8. The van der Waals surface area contributed by atoms with Gasteiger partial charge in [-0.25, -0.2) is 4.39 Å². The van der Waals surface area contributed by atoms with Gasteiger partial charge in [-0.3, -0.25) is 9.59 Å². The highest BCUT2D eigenvalue weighted by molar-refractivity contribution is 7.09. The summed E-state index contributed by atoms with van der Waals surface area (Å²) in [6, 6.07) is 10.2. The van der Waals surface area contributed by atoms with Gasteiger partial charge in [-0.2, -0.15) is 0 Å².